The van der Waals surface area contributed by atoms with Crippen LogP contribution < -0.4 is 10.2 Å². The molecule has 1 aromatic rings. The van der Waals surface area contributed by atoms with E-state index in [0.29, 0.717) is 0 Å². The Hall–Kier alpha value is -0.980. The van der Waals surface area contributed by atoms with Crippen LogP contribution in [0.4, 0.5) is 5.69 Å². The van der Waals surface area contributed by atoms with Crippen LogP contribution in [0.25, 0.3) is 0 Å². The van der Waals surface area contributed by atoms with Crippen molar-refractivity contribution in [3.05, 3.63) is 29.8 Å². The molecule has 0 amide bonds. The van der Waals surface area contributed by atoms with Gasteiger partial charge in [0, 0.05) is 49.2 Å². The molecular formula is C14H17BrN2. The van der Waals surface area contributed by atoms with Crippen LogP contribution in [-0.2, 0) is 0 Å². The highest BCUT2D eigenvalue weighted by atomic mass is 79.9. The van der Waals surface area contributed by atoms with E-state index >= 15 is 0 Å². The molecule has 1 aliphatic rings. The van der Waals surface area contributed by atoms with Crippen LogP contribution in [0.1, 0.15) is 12.0 Å². The Morgan fingerprint density at radius 3 is 2.53 bits per heavy atom. The molecule has 0 spiro atoms. The van der Waals surface area contributed by atoms with E-state index in [4.69, 9.17) is 0 Å². The zero-order valence-corrected chi connectivity index (χ0v) is 11.5. The van der Waals surface area contributed by atoms with Crippen LogP contribution in [-0.4, -0.2) is 31.5 Å². The number of hydrogen-bond acceptors (Lipinski definition) is 2. The third-order valence-corrected chi connectivity index (χ3v) is 3.20. The first-order chi connectivity index (χ1) is 8.40. The molecule has 0 aliphatic carbocycles. The molecule has 1 aliphatic heterocycles. The summed E-state index contributed by atoms with van der Waals surface area (Å²) in [6.07, 6.45) is 0.902. The second-order valence-electron chi connectivity index (χ2n) is 4.02. The number of rotatable bonds is 2. The second kappa shape index (κ2) is 6.68. The summed E-state index contributed by atoms with van der Waals surface area (Å²) in [4.78, 5) is 2.41. The Balaban J connectivity index is 2.00. The summed E-state index contributed by atoms with van der Waals surface area (Å²) in [5.74, 6) is 6.29. The fourth-order valence-corrected chi connectivity index (χ4v) is 2.09. The summed E-state index contributed by atoms with van der Waals surface area (Å²) in [6, 6.07) is 8.56. The van der Waals surface area contributed by atoms with E-state index in [0.717, 1.165) is 43.5 Å². The first-order valence-electron chi connectivity index (χ1n) is 6.01. The van der Waals surface area contributed by atoms with Crippen LogP contribution in [0.5, 0.6) is 0 Å². The predicted octanol–water partition coefficient (Wildman–Crippen LogP) is 2.23. The Morgan fingerprint density at radius 2 is 1.88 bits per heavy atom. The molecule has 0 unspecified atom stereocenters. The minimum absolute atomic E-state index is 0.902. The first-order valence-corrected chi connectivity index (χ1v) is 7.13. The lowest BCUT2D eigenvalue weighted by Gasteiger charge is -2.29. The lowest BCUT2D eigenvalue weighted by molar-refractivity contribution is 0.589. The third-order valence-electron chi connectivity index (χ3n) is 2.80. The van der Waals surface area contributed by atoms with Crippen LogP contribution in [0.3, 0.4) is 0 Å². The highest BCUT2D eigenvalue weighted by Gasteiger charge is 2.09. The van der Waals surface area contributed by atoms with Crippen LogP contribution in [0.15, 0.2) is 24.3 Å². The highest BCUT2D eigenvalue weighted by Crippen LogP contribution is 2.15. The normalized spacial score (nSPS) is 15.2. The number of benzene rings is 1. The van der Waals surface area contributed by atoms with Gasteiger partial charge in [0.15, 0.2) is 0 Å². The van der Waals surface area contributed by atoms with E-state index in [2.05, 4.69) is 62.3 Å². The standard InChI is InChI=1S/C14H17BrN2/c15-8-2-1-3-13-4-6-14(7-5-13)17-11-9-16-10-12-17/h4-7,16H,2,8-12H2. The SMILES string of the molecule is BrCCC#Cc1ccc(N2CCNCC2)cc1. The van der Waals surface area contributed by atoms with Crippen LogP contribution in [0, 0.1) is 11.8 Å². The lowest BCUT2D eigenvalue weighted by Crippen LogP contribution is -2.43. The molecule has 1 fully saturated rings. The zero-order valence-electron chi connectivity index (χ0n) is 9.88. The van der Waals surface area contributed by atoms with Crippen molar-refractivity contribution in [3.8, 4) is 11.8 Å². The predicted molar refractivity (Wildman–Crippen MR) is 76.8 cm³/mol. The van der Waals surface area contributed by atoms with Crippen molar-refractivity contribution < 1.29 is 0 Å². The molecule has 1 heterocycles. The van der Waals surface area contributed by atoms with Gasteiger partial charge in [0.2, 0.25) is 0 Å². The van der Waals surface area contributed by atoms with E-state index in [-0.39, 0.29) is 0 Å². The number of piperazine rings is 1. The van der Waals surface area contributed by atoms with Gasteiger partial charge in [0.1, 0.15) is 0 Å². The van der Waals surface area contributed by atoms with Crippen molar-refractivity contribution in [2.24, 2.45) is 0 Å². The van der Waals surface area contributed by atoms with Crippen molar-refractivity contribution in [2.45, 2.75) is 6.42 Å². The molecule has 0 atom stereocenters. The number of hydrogen-bond donors (Lipinski definition) is 1. The van der Waals surface area contributed by atoms with E-state index in [1.165, 1.54) is 5.69 Å². The van der Waals surface area contributed by atoms with E-state index in [1.807, 2.05) is 0 Å². The molecule has 1 saturated heterocycles. The maximum absolute atomic E-state index is 3.37. The van der Waals surface area contributed by atoms with Gasteiger partial charge in [-0.25, -0.2) is 0 Å². The summed E-state index contributed by atoms with van der Waals surface area (Å²) >= 11 is 3.37. The van der Waals surface area contributed by atoms with E-state index in [1.54, 1.807) is 0 Å². The topological polar surface area (TPSA) is 15.3 Å². The Morgan fingerprint density at radius 1 is 1.18 bits per heavy atom. The Labute approximate surface area is 112 Å². The van der Waals surface area contributed by atoms with Crippen molar-refractivity contribution in [1.29, 1.82) is 0 Å². The molecule has 0 bridgehead atoms. The quantitative estimate of drug-likeness (QED) is 0.664. The lowest BCUT2D eigenvalue weighted by atomic mass is 10.2. The minimum atomic E-state index is 0.902. The summed E-state index contributed by atoms with van der Waals surface area (Å²) in [7, 11) is 0. The number of nitrogens with one attached hydrogen (secondary N) is 1. The van der Waals surface area contributed by atoms with Crippen molar-refractivity contribution in [1.82, 2.24) is 5.32 Å². The molecule has 1 N–H and O–H groups in total. The summed E-state index contributed by atoms with van der Waals surface area (Å²) in [6.45, 7) is 4.34. The Bertz CT molecular complexity index is 396. The molecule has 2 nitrogen and oxygen atoms in total. The molecule has 3 heteroatoms. The molecule has 0 saturated carbocycles. The average molecular weight is 293 g/mol. The zero-order chi connectivity index (χ0) is 11.9. The molecular weight excluding hydrogens is 276 g/mol. The van der Waals surface area contributed by atoms with Gasteiger partial charge in [-0.2, -0.15) is 0 Å². The number of alkyl halides is 1. The Kier molecular flexibility index (Phi) is 4.90. The van der Waals surface area contributed by atoms with Gasteiger partial charge in [-0.3, -0.25) is 0 Å². The minimum Gasteiger partial charge on any atom is -0.369 e. The second-order valence-corrected chi connectivity index (χ2v) is 4.82. The van der Waals surface area contributed by atoms with Crippen molar-refractivity contribution in [2.75, 3.05) is 36.4 Å². The van der Waals surface area contributed by atoms with Gasteiger partial charge in [-0.1, -0.05) is 27.8 Å². The maximum atomic E-state index is 3.37. The van der Waals surface area contributed by atoms with Gasteiger partial charge in [0.05, 0.1) is 0 Å². The molecule has 0 aromatic heterocycles. The van der Waals surface area contributed by atoms with E-state index in [9.17, 15) is 0 Å². The molecule has 90 valence electrons. The van der Waals surface area contributed by atoms with Crippen LogP contribution >= 0.6 is 15.9 Å². The van der Waals surface area contributed by atoms with E-state index < -0.39 is 0 Å². The molecule has 2 rings (SSSR count). The average Bonchev–Trinajstić information content (AvgIpc) is 2.41. The number of anilines is 1. The third kappa shape index (κ3) is 3.76. The smallest absolute Gasteiger partial charge is 0.0367 e. The largest absolute Gasteiger partial charge is 0.369 e. The fraction of sp³-hybridized carbons (Fsp3) is 0.429. The summed E-state index contributed by atoms with van der Waals surface area (Å²) < 4.78 is 0. The van der Waals surface area contributed by atoms with Crippen molar-refractivity contribution in [3.63, 3.8) is 0 Å². The number of nitrogens with zero attached hydrogens (tertiary/aromatic N) is 1. The van der Waals surface area contributed by atoms with Gasteiger partial charge >= 0.3 is 0 Å². The van der Waals surface area contributed by atoms with Crippen molar-refractivity contribution >= 4 is 21.6 Å². The number of halogens is 1. The maximum Gasteiger partial charge on any atom is 0.0367 e. The molecule has 0 radical (unpaired) electrons. The summed E-state index contributed by atoms with van der Waals surface area (Å²) in [5.41, 5.74) is 2.40. The first kappa shape index (κ1) is 12.5. The molecule has 1 aromatic carbocycles. The van der Waals surface area contributed by atoms with Crippen LogP contribution in [0.2, 0.25) is 0 Å². The monoisotopic (exact) mass is 292 g/mol. The summed E-state index contributed by atoms with van der Waals surface area (Å²) in [5, 5.41) is 4.31. The highest BCUT2D eigenvalue weighted by molar-refractivity contribution is 9.09. The van der Waals surface area contributed by atoms with Gasteiger partial charge < -0.3 is 10.2 Å². The van der Waals surface area contributed by atoms with Gasteiger partial charge in [-0.15, -0.1) is 0 Å². The van der Waals surface area contributed by atoms with Gasteiger partial charge in [0.25, 0.3) is 0 Å². The molecule has 17 heavy (non-hydrogen) atoms. The van der Waals surface area contributed by atoms with Gasteiger partial charge in [-0.05, 0) is 24.3 Å². The fourth-order valence-electron chi connectivity index (χ4n) is 1.89.